The average molecular weight is 399 g/mol. The van der Waals surface area contributed by atoms with Gasteiger partial charge in [0.25, 0.3) is 5.91 Å². The number of carbonyl (C=O) groups is 2. The number of fused-ring (bicyclic) bond motifs is 1. The highest BCUT2D eigenvalue weighted by Gasteiger charge is 2.31. The summed E-state index contributed by atoms with van der Waals surface area (Å²) in [6, 6.07) is 12.8. The molecule has 7 heteroatoms. The van der Waals surface area contributed by atoms with Gasteiger partial charge >= 0.3 is 0 Å². The molecule has 0 radical (unpaired) electrons. The first kappa shape index (κ1) is 18.8. The van der Waals surface area contributed by atoms with Crippen LogP contribution in [0.15, 0.2) is 42.5 Å². The van der Waals surface area contributed by atoms with Crippen LogP contribution in [0.25, 0.3) is 0 Å². The third kappa shape index (κ3) is 3.34. The molecule has 1 fully saturated rings. The van der Waals surface area contributed by atoms with Crippen LogP contribution in [0, 0.1) is 0 Å². The molecule has 0 saturated carbocycles. The zero-order valence-corrected chi connectivity index (χ0v) is 16.7. The van der Waals surface area contributed by atoms with Gasteiger partial charge in [-0.05, 0) is 42.8 Å². The number of hydrogen-bond donors (Lipinski definition) is 2. The Morgan fingerprint density at radius 3 is 2.82 bits per heavy atom. The molecule has 2 atom stereocenters. The van der Waals surface area contributed by atoms with E-state index in [1.807, 2.05) is 60.2 Å². The summed E-state index contributed by atoms with van der Waals surface area (Å²) in [6.45, 7) is 3.88. The van der Waals surface area contributed by atoms with Crippen LogP contribution in [0.3, 0.4) is 0 Å². The molecule has 2 aliphatic heterocycles. The topological polar surface area (TPSA) is 64.7 Å². The molecule has 28 heavy (non-hydrogen) atoms. The number of likely N-dealkylation sites (N-methyl/N-ethyl adjacent to an activating group) is 1. The van der Waals surface area contributed by atoms with E-state index in [-0.39, 0.29) is 23.9 Å². The molecule has 2 aromatic rings. The van der Waals surface area contributed by atoms with Crippen LogP contribution in [0.4, 0.5) is 11.4 Å². The average Bonchev–Trinajstić information content (AvgIpc) is 2.71. The van der Waals surface area contributed by atoms with E-state index in [0.717, 1.165) is 17.8 Å². The first-order chi connectivity index (χ1) is 13.5. The molecule has 0 aliphatic carbocycles. The molecule has 0 spiro atoms. The van der Waals surface area contributed by atoms with Gasteiger partial charge in [-0.3, -0.25) is 9.59 Å². The van der Waals surface area contributed by atoms with Crippen molar-refractivity contribution in [3.8, 4) is 0 Å². The third-order valence-electron chi connectivity index (χ3n) is 5.58. The predicted octanol–water partition coefficient (Wildman–Crippen LogP) is 2.90. The molecule has 2 N–H and O–H groups in total. The van der Waals surface area contributed by atoms with Crippen molar-refractivity contribution in [1.82, 2.24) is 10.2 Å². The lowest BCUT2D eigenvalue weighted by molar-refractivity contribution is -0.117. The van der Waals surface area contributed by atoms with E-state index in [1.54, 1.807) is 6.07 Å². The number of halogens is 1. The Hall–Kier alpha value is -2.57. The fourth-order valence-corrected chi connectivity index (χ4v) is 4.02. The summed E-state index contributed by atoms with van der Waals surface area (Å²) in [5, 5.41) is 6.92. The molecule has 4 rings (SSSR count). The highest BCUT2D eigenvalue weighted by Crippen LogP contribution is 2.33. The second-order valence-electron chi connectivity index (χ2n) is 7.28. The maximum atomic E-state index is 13.3. The van der Waals surface area contributed by atoms with Gasteiger partial charge in [0, 0.05) is 37.3 Å². The summed E-state index contributed by atoms with van der Waals surface area (Å²) in [5.74, 6) is -0.122. The van der Waals surface area contributed by atoms with Crippen LogP contribution in [-0.2, 0) is 4.79 Å². The summed E-state index contributed by atoms with van der Waals surface area (Å²) in [7, 11) is 1.88. The molecule has 146 valence electrons. The molecule has 2 aromatic carbocycles. The van der Waals surface area contributed by atoms with Crippen LogP contribution in [0.2, 0.25) is 5.02 Å². The van der Waals surface area contributed by atoms with E-state index in [2.05, 4.69) is 10.6 Å². The number of piperazine rings is 1. The van der Waals surface area contributed by atoms with Gasteiger partial charge in [0.05, 0.1) is 17.4 Å². The van der Waals surface area contributed by atoms with E-state index < -0.39 is 0 Å². The first-order valence-electron chi connectivity index (χ1n) is 9.40. The highest BCUT2D eigenvalue weighted by atomic mass is 35.5. The second kappa shape index (κ2) is 7.45. The molecule has 0 bridgehead atoms. The lowest BCUT2D eigenvalue weighted by Crippen LogP contribution is -2.48. The van der Waals surface area contributed by atoms with Gasteiger partial charge in [-0.15, -0.1) is 0 Å². The standard InChI is InChI=1S/C21H23ClN4O2/c1-13-20(27)24-17-11-15(6-7-18(17)25(13)2)21(28)26-9-8-23-12-19(26)14-4-3-5-16(22)10-14/h3-7,10-11,13,19,23H,8-9,12H2,1-2H3,(H,24,27). The minimum absolute atomic E-state index is 0.0511. The van der Waals surface area contributed by atoms with E-state index in [1.165, 1.54) is 0 Å². The summed E-state index contributed by atoms with van der Waals surface area (Å²) in [4.78, 5) is 29.3. The van der Waals surface area contributed by atoms with Crippen molar-refractivity contribution >= 4 is 34.8 Å². The van der Waals surface area contributed by atoms with Gasteiger partial charge in [0.2, 0.25) is 5.91 Å². The smallest absolute Gasteiger partial charge is 0.254 e. The van der Waals surface area contributed by atoms with Gasteiger partial charge in [0.1, 0.15) is 6.04 Å². The van der Waals surface area contributed by atoms with Gasteiger partial charge < -0.3 is 20.4 Å². The maximum Gasteiger partial charge on any atom is 0.254 e. The number of nitrogens with one attached hydrogen (secondary N) is 2. The maximum absolute atomic E-state index is 13.3. The van der Waals surface area contributed by atoms with Crippen molar-refractivity contribution in [3.05, 3.63) is 58.6 Å². The predicted molar refractivity (Wildman–Crippen MR) is 111 cm³/mol. The highest BCUT2D eigenvalue weighted by molar-refractivity contribution is 6.30. The number of rotatable bonds is 2. The van der Waals surface area contributed by atoms with Gasteiger partial charge in [-0.1, -0.05) is 23.7 Å². The zero-order chi connectivity index (χ0) is 19.8. The normalized spacial score (nSPS) is 21.9. The Morgan fingerprint density at radius 1 is 1.21 bits per heavy atom. The molecule has 2 heterocycles. The summed E-state index contributed by atoms with van der Waals surface area (Å²) >= 11 is 6.16. The molecule has 6 nitrogen and oxygen atoms in total. The van der Waals surface area contributed by atoms with E-state index in [9.17, 15) is 9.59 Å². The van der Waals surface area contributed by atoms with Crippen molar-refractivity contribution in [2.24, 2.45) is 0 Å². The minimum Gasteiger partial charge on any atom is -0.361 e. The quantitative estimate of drug-likeness (QED) is 0.816. The SMILES string of the molecule is CC1C(=O)Nc2cc(C(=O)N3CCNCC3c3cccc(Cl)c3)ccc2N1C. The minimum atomic E-state index is -0.241. The number of benzene rings is 2. The van der Waals surface area contributed by atoms with Gasteiger partial charge in [0.15, 0.2) is 0 Å². The summed E-state index contributed by atoms with van der Waals surface area (Å²) in [6.07, 6.45) is 0. The lowest BCUT2D eigenvalue weighted by Gasteiger charge is -2.37. The first-order valence-corrected chi connectivity index (χ1v) is 9.78. The number of amides is 2. The number of hydrogen-bond acceptors (Lipinski definition) is 4. The van der Waals surface area contributed by atoms with Crippen molar-refractivity contribution in [1.29, 1.82) is 0 Å². The summed E-state index contributed by atoms with van der Waals surface area (Å²) < 4.78 is 0. The molecular formula is C21H23ClN4O2. The molecule has 0 aromatic heterocycles. The monoisotopic (exact) mass is 398 g/mol. The van der Waals surface area contributed by atoms with Crippen LogP contribution >= 0.6 is 11.6 Å². The Labute approximate surface area is 169 Å². The molecule has 2 unspecified atom stereocenters. The van der Waals surface area contributed by atoms with Crippen LogP contribution in [0.1, 0.15) is 28.9 Å². The number of carbonyl (C=O) groups excluding carboxylic acids is 2. The molecule has 1 saturated heterocycles. The molecule has 2 aliphatic rings. The van der Waals surface area contributed by atoms with E-state index in [4.69, 9.17) is 11.6 Å². The van der Waals surface area contributed by atoms with Crippen molar-refractivity contribution in [3.63, 3.8) is 0 Å². The van der Waals surface area contributed by atoms with Gasteiger partial charge in [-0.2, -0.15) is 0 Å². The molecule has 2 amide bonds. The second-order valence-corrected chi connectivity index (χ2v) is 7.72. The lowest BCUT2D eigenvalue weighted by atomic mass is 10.0. The Bertz CT molecular complexity index is 932. The van der Waals surface area contributed by atoms with Crippen LogP contribution < -0.4 is 15.5 Å². The van der Waals surface area contributed by atoms with Crippen LogP contribution in [-0.4, -0.2) is 49.4 Å². The number of anilines is 2. The van der Waals surface area contributed by atoms with Crippen LogP contribution in [0.5, 0.6) is 0 Å². The fraction of sp³-hybridized carbons (Fsp3) is 0.333. The van der Waals surface area contributed by atoms with Crippen molar-refractivity contribution < 1.29 is 9.59 Å². The largest absolute Gasteiger partial charge is 0.361 e. The molecular weight excluding hydrogens is 376 g/mol. The summed E-state index contributed by atoms with van der Waals surface area (Å²) in [5.41, 5.74) is 3.16. The number of nitrogens with zero attached hydrogens (tertiary/aromatic N) is 2. The van der Waals surface area contributed by atoms with Gasteiger partial charge in [-0.25, -0.2) is 0 Å². The Kier molecular flexibility index (Phi) is 5.00. The fourth-order valence-electron chi connectivity index (χ4n) is 3.82. The zero-order valence-electron chi connectivity index (χ0n) is 15.9. The Balaban J connectivity index is 1.64. The third-order valence-corrected chi connectivity index (χ3v) is 5.81. The van der Waals surface area contributed by atoms with Crippen molar-refractivity contribution in [2.75, 3.05) is 36.9 Å². The van der Waals surface area contributed by atoms with Crippen molar-refractivity contribution in [2.45, 2.75) is 19.0 Å². The van der Waals surface area contributed by atoms with E-state index in [0.29, 0.717) is 29.4 Å². The van der Waals surface area contributed by atoms with E-state index >= 15 is 0 Å². The Morgan fingerprint density at radius 2 is 2.04 bits per heavy atom.